The summed E-state index contributed by atoms with van der Waals surface area (Å²) >= 11 is 5.53. The maximum absolute atomic E-state index is 13.3. The molecule has 2 unspecified atom stereocenters. The third kappa shape index (κ3) is 29.5. The van der Waals surface area contributed by atoms with Crippen LogP contribution in [0.15, 0.2) is 54.6 Å². The summed E-state index contributed by atoms with van der Waals surface area (Å²) in [5.74, 6) is -8.29. The minimum absolute atomic E-state index is 0.00594. The molecule has 1 heterocycles. The van der Waals surface area contributed by atoms with Crippen molar-refractivity contribution in [3.05, 3.63) is 65.7 Å². The molecule has 27 heteroatoms. The largest absolute Gasteiger partial charge is 0.481 e. The van der Waals surface area contributed by atoms with Gasteiger partial charge in [-0.2, -0.15) is 0 Å². The lowest BCUT2D eigenvalue weighted by Crippen LogP contribution is -2.51. The molecule has 2 aromatic carbocycles. The molecule has 0 saturated carbocycles. The van der Waals surface area contributed by atoms with Gasteiger partial charge in [0, 0.05) is 76.8 Å². The number of esters is 1. The van der Waals surface area contributed by atoms with Crippen molar-refractivity contribution in [1.29, 1.82) is 0 Å². The highest BCUT2D eigenvalue weighted by molar-refractivity contribution is 7.80. The van der Waals surface area contributed by atoms with Gasteiger partial charge in [-0.1, -0.05) is 55.3 Å². The van der Waals surface area contributed by atoms with E-state index < -0.39 is 72.4 Å². The van der Waals surface area contributed by atoms with Crippen molar-refractivity contribution in [2.75, 3.05) is 70.8 Å². The van der Waals surface area contributed by atoms with Crippen LogP contribution in [0.1, 0.15) is 101 Å². The van der Waals surface area contributed by atoms with Gasteiger partial charge in [0.2, 0.25) is 11.8 Å². The Bertz CT molecular complexity index is 2350. The number of carbonyl (C=O) groups is 10. The third-order valence-electron chi connectivity index (χ3n) is 12.9. The zero-order valence-corrected chi connectivity index (χ0v) is 45.6. The Morgan fingerprint density at radius 2 is 1.09 bits per heavy atom. The first-order chi connectivity index (χ1) is 38.2. The van der Waals surface area contributed by atoms with Crippen LogP contribution < -0.4 is 31.9 Å². The van der Waals surface area contributed by atoms with Crippen molar-refractivity contribution >= 4 is 82.6 Å². The highest BCUT2D eigenvalue weighted by atomic mass is 32.1. The lowest BCUT2D eigenvalue weighted by atomic mass is 10.0. The topological polar surface area (TPSA) is 383 Å². The molecule has 1 saturated heterocycles. The molecule has 80 heavy (non-hydrogen) atoms. The summed E-state index contributed by atoms with van der Waals surface area (Å²) in [6, 6.07) is 11.3. The lowest BCUT2D eigenvalue weighted by molar-refractivity contribution is -0.149. The number of rotatable bonds is 37. The molecule has 0 bridgehead atoms. The number of anilines is 1. The second-order valence-corrected chi connectivity index (χ2v) is 19.8. The van der Waals surface area contributed by atoms with Crippen LogP contribution in [-0.2, 0) is 60.9 Å². The average Bonchev–Trinajstić information content (AvgIpc) is 3.46. The Hall–Kier alpha value is -7.49. The minimum atomic E-state index is -1.52. The maximum Gasteiger partial charge on any atom is 0.328 e. The molecule has 442 valence electrons. The summed E-state index contributed by atoms with van der Waals surface area (Å²) in [6.07, 6.45) is 4.41. The fourth-order valence-electron chi connectivity index (χ4n) is 8.66. The van der Waals surface area contributed by atoms with Crippen LogP contribution in [0.5, 0.6) is 0 Å². The number of unbranched alkanes of at least 4 members (excludes halogenated alkanes) is 5. The van der Waals surface area contributed by atoms with Gasteiger partial charge in [0.15, 0.2) is 5.11 Å². The molecule has 1 fully saturated rings. The molecule has 0 spiro atoms. The van der Waals surface area contributed by atoms with Gasteiger partial charge in [-0.05, 0) is 99.7 Å². The first kappa shape index (κ1) is 66.8. The summed E-state index contributed by atoms with van der Waals surface area (Å²) in [6.45, 7) is 1.35. The van der Waals surface area contributed by atoms with Crippen LogP contribution in [-0.4, -0.2) is 200 Å². The van der Waals surface area contributed by atoms with Gasteiger partial charge in [-0.3, -0.25) is 43.5 Å². The van der Waals surface area contributed by atoms with Gasteiger partial charge in [0.05, 0.1) is 19.6 Å². The van der Waals surface area contributed by atoms with E-state index in [1.165, 1.54) is 0 Å². The van der Waals surface area contributed by atoms with Gasteiger partial charge < -0.3 is 67.3 Å². The Balaban J connectivity index is 1.40. The molecule has 2 aromatic rings. The van der Waals surface area contributed by atoms with Crippen LogP contribution in [0.25, 0.3) is 0 Å². The van der Waals surface area contributed by atoms with Crippen molar-refractivity contribution in [3.8, 4) is 0 Å². The molecule has 0 aliphatic carbocycles. The van der Waals surface area contributed by atoms with E-state index >= 15 is 0 Å². The van der Waals surface area contributed by atoms with Gasteiger partial charge in [0.25, 0.3) is 0 Å². The highest BCUT2D eigenvalue weighted by Gasteiger charge is 2.29. The molecule has 0 radical (unpaired) electrons. The average molecular weight is 1140 g/mol. The molecule has 4 atom stereocenters. The highest BCUT2D eigenvalue weighted by Crippen LogP contribution is 2.17. The maximum atomic E-state index is 13.3. The number of nitrogens with one attached hydrogen (secondary N) is 6. The van der Waals surface area contributed by atoms with E-state index in [9.17, 15) is 73.5 Å². The predicted octanol–water partition coefficient (Wildman–Crippen LogP) is 2.15. The van der Waals surface area contributed by atoms with Gasteiger partial charge in [-0.15, -0.1) is 0 Å². The fourth-order valence-corrected chi connectivity index (χ4v) is 8.88. The van der Waals surface area contributed by atoms with Crippen molar-refractivity contribution in [3.63, 3.8) is 0 Å². The Labute approximate surface area is 469 Å². The Morgan fingerprint density at radius 1 is 0.537 bits per heavy atom. The van der Waals surface area contributed by atoms with Crippen LogP contribution in [0.4, 0.5) is 10.5 Å². The van der Waals surface area contributed by atoms with Gasteiger partial charge >= 0.3 is 47.8 Å². The smallest absolute Gasteiger partial charge is 0.328 e. The number of amides is 4. The second-order valence-electron chi connectivity index (χ2n) is 19.4. The van der Waals surface area contributed by atoms with Crippen molar-refractivity contribution in [2.45, 2.75) is 127 Å². The molecule has 1 aliphatic heterocycles. The van der Waals surface area contributed by atoms with Crippen LogP contribution in [0.2, 0.25) is 0 Å². The number of aliphatic carboxylic acids is 6. The van der Waals surface area contributed by atoms with Crippen LogP contribution in [0, 0.1) is 0 Å². The van der Waals surface area contributed by atoms with Gasteiger partial charge in [-0.25, -0.2) is 19.2 Å². The monoisotopic (exact) mass is 1140 g/mol. The van der Waals surface area contributed by atoms with E-state index in [4.69, 9.17) is 22.1 Å². The van der Waals surface area contributed by atoms with E-state index in [1.807, 2.05) is 54.6 Å². The number of nitrogens with zero attached hydrogens (tertiary/aromatic N) is 3. The molecule has 3 rings (SSSR count). The number of hydrogen-bond donors (Lipinski definition) is 12. The van der Waals surface area contributed by atoms with Crippen molar-refractivity contribution in [2.24, 2.45) is 0 Å². The van der Waals surface area contributed by atoms with E-state index in [2.05, 4.69) is 31.9 Å². The molecule has 0 aromatic heterocycles. The number of hydrogen-bond acceptors (Lipinski definition) is 15. The first-order valence-corrected chi connectivity index (χ1v) is 27.1. The molecular formula is C53H77N9O17S. The number of benzene rings is 2. The van der Waals surface area contributed by atoms with E-state index in [0.717, 1.165) is 11.1 Å². The van der Waals surface area contributed by atoms with E-state index in [1.54, 1.807) is 14.7 Å². The Kier molecular flexibility index (Phi) is 31.2. The normalized spacial score (nSPS) is 15.2. The third-order valence-corrected chi connectivity index (χ3v) is 13.1. The number of carbonyl (C=O) groups excluding carboxylic acids is 4. The summed E-state index contributed by atoms with van der Waals surface area (Å²) < 4.78 is 5.58. The quantitative estimate of drug-likeness (QED) is 0.0262. The summed E-state index contributed by atoms with van der Waals surface area (Å²) in [5.41, 5.74) is 2.34. The molecular weight excluding hydrogens is 1070 g/mol. The van der Waals surface area contributed by atoms with Crippen molar-refractivity contribution < 1.29 is 83.3 Å². The standard InChI is InChI=1S/C53H77N9O17S/c63-43(54-24-10-8-14-40(49(73)74)58-52(78)59-41(50(75)76)22-23-45(65)66)16-6-1-2-7-17-44(64)57-42(51(77)79-35-37-12-4-3-5-13-37)15-9-11-25-55-53(80)56-38-20-18-36(19-21-38)30-39-31-61(33-47(69)70)27-26-60(32-46(67)68)28-29-62(39)34-48(71)72/h3-5,12-13,18-21,39-42H,1-2,6-11,14-17,22-35H2,(H,54,63)(H,57,64)(H,65,66)(H,67,68)(H,69,70)(H,71,72)(H,73,74)(H,75,76)(H2,55,56,80)(H2,58,59,78)/t39?,40-,41-,42?/m0/s1. The molecule has 12 N–H and O–H groups in total. The second kappa shape index (κ2) is 37.4. The zero-order valence-electron chi connectivity index (χ0n) is 44.8. The molecule has 1 aliphatic rings. The first-order valence-electron chi connectivity index (χ1n) is 26.7. The Morgan fingerprint density at radius 3 is 1.69 bits per heavy atom. The molecule has 4 amide bonds. The SMILES string of the molecule is O=C(O)CC[C@H](NC(=O)N[C@@H](CCCCNC(=O)CCCCCCC(=O)NC(CCCCNC(=S)Nc1ccc(CC2CN(CC(=O)O)CCN(CC(=O)O)CCN2CC(=O)O)cc1)C(=O)OCc1ccccc1)C(=O)O)C(=O)O. The number of ether oxygens (including phenoxy) is 1. The van der Waals surface area contributed by atoms with Crippen LogP contribution in [0.3, 0.4) is 0 Å². The van der Waals surface area contributed by atoms with Gasteiger partial charge in [0.1, 0.15) is 24.7 Å². The van der Waals surface area contributed by atoms with E-state index in [0.29, 0.717) is 101 Å². The predicted molar refractivity (Wildman–Crippen MR) is 293 cm³/mol. The number of carboxylic acids is 6. The number of urea groups is 1. The summed E-state index contributed by atoms with van der Waals surface area (Å²) in [7, 11) is 0. The summed E-state index contributed by atoms with van der Waals surface area (Å²) in [5, 5.41) is 72.7. The van der Waals surface area contributed by atoms with Crippen LogP contribution >= 0.6 is 12.2 Å². The summed E-state index contributed by atoms with van der Waals surface area (Å²) in [4.78, 5) is 125. The fraction of sp³-hybridized carbons (Fsp3) is 0.566. The molecule has 26 nitrogen and oxygen atoms in total. The minimum Gasteiger partial charge on any atom is -0.481 e. The van der Waals surface area contributed by atoms with Crippen molar-refractivity contribution in [1.82, 2.24) is 41.3 Å². The zero-order chi connectivity index (χ0) is 58.8. The van der Waals surface area contributed by atoms with E-state index in [-0.39, 0.29) is 89.4 Å². The lowest BCUT2D eigenvalue weighted by Gasteiger charge is -2.33. The number of carboxylic acid groups (broad SMARTS) is 6. The number of thiocarbonyl (C=S) groups is 1.